The van der Waals surface area contributed by atoms with Gasteiger partial charge in [0.15, 0.2) is 17.4 Å². The first-order valence-electron chi connectivity index (χ1n) is 5.35. The Morgan fingerprint density at radius 2 is 1.89 bits per heavy atom. The van der Waals surface area contributed by atoms with Crippen LogP contribution in [0.3, 0.4) is 0 Å². The number of nitrogens with two attached hydrogens (primary N) is 2. The highest BCUT2D eigenvalue weighted by Gasteiger charge is 2.10. The van der Waals surface area contributed by atoms with Gasteiger partial charge in [-0.25, -0.2) is 4.98 Å². The third-order valence-corrected chi connectivity index (χ3v) is 2.48. The number of hydrogen-bond acceptors (Lipinski definition) is 5. The van der Waals surface area contributed by atoms with Gasteiger partial charge in [-0.1, -0.05) is 0 Å². The highest BCUT2D eigenvalue weighted by atomic mass is 16.3. The first-order valence-corrected chi connectivity index (χ1v) is 5.35. The van der Waals surface area contributed by atoms with Crippen molar-refractivity contribution in [1.29, 1.82) is 0 Å². The number of anilines is 2. The van der Waals surface area contributed by atoms with Crippen molar-refractivity contribution in [2.45, 2.75) is 0 Å². The van der Waals surface area contributed by atoms with Crippen molar-refractivity contribution in [1.82, 2.24) is 15.2 Å². The Balaban J connectivity index is 2.03. The summed E-state index contributed by atoms with van der Waals surface area (Å²) in [7, 11) is 0. The van der Waals surface area contributed by atoms with Crippen LogP contribution in [0.2, 0.25) is 0 Å². The minimum atomic E-state index is 0.528. The fourth-order valence-corrected chi connectivity index (χ4v) is 1.72. The summed E-state index contributed by atoms with van der Waals surface area (Å²) in [5.74, 6) is 1.72. The van der Waals surface area contributed by atoms with Crippen molar-refractivity contribution >= 4 is 11.4 Å². The number of aromatic amines is 1. The number of nitrogen functional groups attached to an aromatic ring is 2. The summed E-state index contributed by atoms with van der Waals surface area (Å²) < 4.78 is 5.23. The Hall–Kier alpha value is -2.76. The molecule has 0 atom stereocenters. The predicted octanol–water partition coefficient (Wildman–Crippen LogP) is 1.90. The fraction of sp³-hybridized carbons (Fsp3) is 0. The van der Waals surface area contributed by atoms with Gasteiger partial charge in [0, 0.05) is 16.9 Å². The van der Waals surface area contributed by atoms with Gasteiger partial charge in [0.05, 0.1) is 6.26 Å². The maximum absolute atomic E-state index is 5.73. The van der Waals surface area contributed by atoms with E-state index in [9.17, 15) is 0 Å². The Kier molecular flexibility index (Phi) is 2.26. The summed E-state index contributed by atoms with van der Waals surface area (Å²) in [5, 5.41) is 6.93. The highest BCUT2D eigenvalue weighted by molar-refractivity contribution is 5.68. The SMILES string of the molecule is Nc1cc(N)cc(-c2n[nH]c(-c3ccco3)n2)c1. The average Bonchev–Trinajstić information content (AvgIpc) is 2.99. The number of nitrogens with zero attached hydrogens (tertiary/aromatic N) is 2. The molecule has 0 amide bonds. The van der Waals surface area contributed by atoms with Crippen molar-refractivity contribution in [3.63, 3.8) is 0 Å². The summed E-state index contributed by atoms with van der Waals surface area (Å²) in [5.41, 5.74) is 13.4. The monoisotopic (exact) mass is 241 g/mol. The second-order valence-electron chi connectivity index (χ2n) is 3.87. The summed E-state index contributed by atoms with van der Waals surface area (Å²) in [4.78, 5) is 4.33. The summed E-state index contributed by atoms with van der Waals surface area (Å²) in [6.07, 6.45) is 1.58. The van der Waals surface area contributed by atoms with E-state index in [0.29, 0.717) is 28.8 Å². The molecule has 0 unspecified atom stereocenters. The van der Waals surface area contributed by atoms with Crippen LogP contribution in [0.5, 0.6) is 0 Å². The van der Waals surface area contributed by atoms with Gasteiger partial charge in [0.25, 0.3) is 0 Å². The van der Waals surface area contributed by atoms with Crippen LogP contribution < -0.4 is 11.5 Å². The van der Waals surface area contributed by atoms with Gasteiger partial charge in [0.2, 0.25) is 0 Å². The molecule has 0 radical (unpaired) electrons. The van der Waals surface area contributed by atoms with Crippen LogP contribution >= 0.6 is 0 Å². The molecule has 6 heteroatoms. The van der Waals surface area contributed by atoms with Gasteiger partial charge in [0.1, 0.15) is 0 Å². The van der Waals surface area contributed by atoms with Gasteiger partial charge in [-0.2, -0.15) is 5.10 Å². The van der Waals surface area contributed by atoms with Gasteiger partial charge in [-0.15, -0.1) is 0 Å². The Morgan fingerprint density at radius 1 is 1.11 bits per heavy atom. The number of benzene rings is 1. The van der Waals surface area contributed by atoms with Crippen molar-refractivity contribution in [2.75, 3.05) is 11.5 Å². The van der Waals surface area contributed by atoms with Crippen LogP contribution in [0.4, 0.5) is 11.4 Å². The average molecular weight is 241 g/mol. The summed E-state index contributed by atoms with van der Waals surface area (Å²) >= 11 is 0. The normalized spacial score (nSPS) is 10.7. The van der Waals surface area contributed by atoms with E-state index in [1.807, 2.05) is 0 Å². The molecule has 0 saturated carbocycles. The Bertz CT molecular complexity index is 651. The molecule has 2 heterocycles. The van der Waals surface area contributed by atoms with Crippen LogP contribution in [0.1, 0.15) is 0 Å². The van der Waals surface area contributed by atoms with E-state index in [1.54, 1.807) is 36.6 Å². The Labute approximate surface area is 103 Å². The van der Waals surface area contributed by atoms with Crippen LogP contribution in [0.15, 0.2) is 41.0 Å². The van der Waals surface area contributed by atoms with E-state index < -0.39 is 0 Å². The topological polar surface area (TPSA) is 107 Å². The molecular weight excluding hydrogens is 230 g/mol. The van der Waals surface area contributed by atoms with Crippen molar-refractivity contribution in [2.24, 2.45) is 0 Å². The number of H-pyrrole nitrogens is 1. The minimum Gasteiger partial charge on any atom is -0.461 e. The van der Waals surface area contributed by atoms with E-state index in [1.165, 1.54) is 0 Å². The van der Waals surface area contributed by atoms with Gasteiger partial charge in [-0.05, 0) is 30.3 Å². The molecule has 3 rings (SSSR count). The van der Waals surface area contributed by atoms with E-state index in [0.717, 1.165) is 5.56 Å². The zero-order valence-electron chi connectivity index (χ0n) is 9.42. The highest BCUT2D eigenvalue weighted by Crippen LogP contribution is 2.24. The van der Waals surface area contributed by atoms with Gasteiger partial charge >= 0.3 is 0 Å². The number of furan rings is 1. The Morgan fingerprint density at radius 3 is 2.56 bits per heavy atom. The molecule has 0 bridgehead atoms. The molecule has 0 aliphatic rings. The quantitative estimate of drug-likeness (QED) is 0.594. The van der Waals surface area contributed by atoms with Crippen molar-refractivity contribution < 1.29 is 4.42 Å². The van der Waals surface area contributed by atoms with Crippen LogP contribution in [-0.4, -0.2) is 15.2 Å². The molecule has 1 aromatic carbocycles. The van der Waals surface area contributed by atoms with E-state index in [4.69, 9.17) is 15.9 Å². The minimum absolute atomic E-state index is 0.528. The molecule has 5 N–H and O–H groups in total. The number of rotatable bonds is 2. The molecule has 0 fully saturated rings. The molecule has 3 aromatic rings. The third-order valence-electron chi connectivity index (χ3n) is 2.48. The lowest BCUT2D eigenvalue weighted by atomic mass is 10.1. The maximum Gasteiger partial charge on any atom is 0.192 e. The van der Waals surface area contributed by atoms with E-state index in [-0.39, 0.29) is 0 Å². The lowest BCUT2D eigenvalue weighted by molar-refractivity contribution is 0.577. The van der Waals surface area contributed by atoms with Crippen molar-refractivity contribution in [3.8, 4) is 23.0 Å². The maximum atomic E-state index is 5.73. The first kappa shape index (κ1) is 10.4. The third kappa shape index (κ3) is 1.80. The molecule has 0 saturated heterocycles. The molecule has 90 valence electrons. The second kappa shape index (κ2) is 3.92. The predicted molar refractivity (Wildman–Crippen MR) is 68.3 cm³/mol. The van der Waals surface area contributed by atoms with Gasteiger partial charge < -0.3 is 15.9 Å². The molecule has 6 nitrogen and oxygen atoms in total. The van der Waals surface area contributed by atoms with Crippen LogP contribution in [-0.2, 0) is 0 Å². The molecule has 0 aliphatic heterocycles. The standard InChI is InChI=1S/C12H11N5O/c13-8-4-7(5-9(14)6-8)11-15-12(17-16-11)10-2-1-3-18-10/h1-6H,13-14H2,(H,15,16,17). The van der Waals surface area contributed by atoms with E-state index in [2.05, 4.69) is 15.2 Å². The lowest BCUT2D eigenvalue weighted by Crippen LogP contribution is -1.92. The van der Waals surface area contributed by atoms with Crippen LogP contribution in [0, 0.1) is 0 Å². The molecule has 18 heavy (non-hydrogen) atoms. The number of hydrogen-bond donors (Lipinski definition) is 3. The largest absolute Gasteiger partial charge is 0.461 e. The summed E-state index contributed by atoms with van der Waals surface area (Å²) in [6.45, 7) is 0. The lowest BCUT2D eigenvalue weighted by Gasteiger charge is -2.00. The summed E-state index contributed by atoms with van der Waals surface area (Å²) in [6, 6.07) is 8.81. The molecule has 0 spiro atoms. The molecule has 0 aliphatic carbocycles. The zero-order chi connectivity index (χ0) is 12.5. The van der Waals surface area contributed by atoms with Crippen LogP contribution in [0.25, 0.3) is 23.0 Å². The van der Waals surface area contributed by atoms with Gasteiger partial charge in [-0.3, -0.25) is 5.10 Å². The molecule has 2 aromatic heterocycles. The smallest absolute Gasteiger partial charge is 0.192 e. The number of nitrogens with one attached hydrogen (secondary N) is 1. The number of aromatic nitrogens is 3. The van der Waals surface area contributed by atoms with Crippen molar-refractivity contribution in [3.05, 3.63) is 36.6 Å². The fourth-order valence-electron chi connectivity index (χ4n) is 1.72. The van der Waals surface area contributed by atoms with E-state index >= 15 is 0 Å². The second-order valence-corrected chi connectivity index (χ2v) is 3.87. The first-order chi connectivity index (χ1) is 8.72. The molecular formula is C12H11N5O. The zero-order valence-corrected chi connectivity index (χ0v) is 9.42.